The molecular weight excluding hydrogens is 739 g/mol. The van der Waals surface area contributed by atoms with Gasteiger partial charge in [0.25, 0.3) is 0 Å². The van der Waals surface area contributed by atoms with Crippen molar-refractivity contribution in [3.05, 3.63) is 212 Å². The summed E-state index contributed by atoms with van der Waals surface area (Å²) in [6.07, 6.45) is 0. The van der Waals surface area contributed by atoms with Crippen molar-refractivity contribution < 1.29 is 0 Å². The predicted molar refractivity (Wildman–Crippen MR) is 257 cm³/mol. The lowest BCUT2D eigenvalue weighted by atomic mass is 10.00. The SMILES string of the molecule is c1ccc(-n2c3ccc(-c4ccc5c(c4)c4ccccc4n5-c4ccc5c6c(cccc46)-c4ccccc4-5)cc3c3cc(-n4c5ccccc5c5ccccc54)ccc32)cc1. The van der Waals surface area contributed by atoms with Gasteiger partial charge < -0.3 is 13.7 Å². The van der Waals surface area contributed by atoms with Crippen LogP contribution in [-0.2, 0) is 0 Å². The van der Waals surface area contributed by atoms with Gasteiger partial charge in [0.2, 0.25) is 0 Å². The lowest BCUT2D eigenvalue weighted by Gasteiger charge is -2.13. The Morgan fingerprint density at radius 1 is 0.230 bits per heavy atom. The molecule has 0 atom stereocenters. The summed E-state index contributed by atoms with van der Waals surface area (Å²) < 4.78 is 7.31. The van der Waals surface area contributed by atoms with E-state index in [1.807, 2.05) is 0 Å². The minimum Gasteiger partial charge on any atom is -0.309 e. The summed E-state index contributed by atoms with van der Waals surface area (Å²) in [4.78, 5) is 0. The Morgan fingerprint density at radius 3 is 1.34 bits per heavy atom. The lowest BCUT2D eigenvalue weighted by molar-refractivity contribution is 1.17. The first-order valence-electron chi connectivity index (χ1n) is 21.1. The van der Waals surface area contributed by atoms with Crippen molar-refractivity contribution >= 4 is 76.2 Å². The van der Waals surface area contributed by atoms with Crippen molar-refractivity contribution in [2.45, 2.75) is 0 Å². The van der Waals surface area contributed by atoms with E-state index in [1.165, 1.54) is 115 Å². The van der Waals surface area contributed by atoms with Crippen LogP contribution in [0.4, 0.5) is 0 Å². The van der Waals surface area contributed by atoms with Crippen molar-refractivity contribution in [1.29, 1.82) is 0 Å². The second-order valence-corrected chi connectivity index (χ2v) is 16.5. The van der Waals surface area contributed by atoms with Crippen molar-refractivity contribution in [3.8, 4) is 50.4 Å². The van der Waals surface area contributed by atoms with Gasteiger partial charge in [0.15, 0.2) is 0 Å². The monoisotopic (exact) mass is 773 g/mol. The van der Waals surface area contributed by atoms with Gasteiger partial charge in [-0.1, -0.05) is 133 Å². The zero-order valence-corrected chi connectivity index (χ0v) is 33.0. The van der Waals surface area contributed by atoms with Gasteiger partial charge >= 0.3 is 0 Å². The van der Waals surface area contributed by atoms with Gasteiger partial charge in [0, 0.05) is 49.1 Å². The average molecular weight is 774 g/mol. The number of hydrogen-bond donors (Lipinski definition) is 0. The highest BCUT2D eigenvalue weighted by molar-refractivity contribution is 6.19. The van der Waals surface area contributed by atoms with Crippen LogP contribution < -0.4 is 0 Å². The van der Waals surface area contributed by atoms with Gasteiger partial charge in [0.1, 0.15) is 0 Å². The van der Waals surface area contributed by atoms with E-state index in [1.54, 1.807) is 0 Å². The van der Waals surface area contributed by atoms with Crippen LogP contribution in [-0.4, -0.2) is 13.7 Å². The zero-order valence-electron chi connectivity index (χ0n) is 33.0. The number of para-hydroxylation sites is 4. The van der Waals surface area contributed by atoms with Crippen LogP contribution >= 0.6 is 0 Å². The van der Waals surface area contributed by atoms with Gasteiger partial charge in [-0.3, -0.25) is 0 Å². The largest absolute Gasteiger partial charge is 0.309 e. The maximum Gasteiger partial charge on any atom is 0.0542 e. The van der Waals surface area contributed by atoms with E-state index in [0.717, 1.165) is 11.4 Å². The van der Waals surface area contributed by atoms with E-state index in [2.05, 4.69) is 226 Å². The summed E-state index contributed by atoms with van der Waals surface area (Å²) in [6.45, 7) is 0. The van der Waals surface area contributed by atoms with Gasteiger partial charge in [0.05, 0.1) is 38.8 Å². The van der Waals surface area contributed by atoms with Crippen molar-refractivity contribution in [2.24, 2.45) is 0 Å². The molecule has 61 heavy (non-hydrogen) atoms. The van der Waals surface area contributed by atoms with Crippen molar-refractivity contribution in [3.63, 3.8) is 0 Å². The molecule has 0 aliphatic heterocycles. The molecule has 3 aromatic heterocycles. The molecule has 282 valence electrons. The van der Waals surface area contributed by atoms with Gasteiger partial charge in [-0.2, -0.15) is 0 Å². The van der Waals surface area contributed by atoms with Crippen molar-refractivity contribution in [1.82, 2.24) is 13.7 Å². The number of hydrogen-bond acceptors (Lipinski definition) is 0. The van der Waals surface area contributed by atoms with E-state index < -0.39 is 0 Å². The van der Waals surface area contributed by atoms with Gasteiger partial charge in [-0.15, -0.1) is 0 Å². The molecule has 0 spiro atoms. The molecule has 3 nitrogen and oxygen atoms in total. The Kier molecular flexibility index (Phi) is 6.56. The topological polar surface area (TPSA) is 14.8 Å². The fraction of sp³-hybridized carbons (Fsp3) is 0. The Bertz CT molecular complexity index is 3910. The first-order valence-corrected chi connectivity index (χ1v) is 21.1. The molecule has 14 rings (SSSR count). The molecule has 0 saturated carbocycles. The smallest absolute Gasteiger partial charge is 0.0542 e. The van der Waals surface area contributed by atoms with Crippen LogP contribution in [0.5, 0.6) is 0 Å². The maximum absolute atomic E-state index is 2.48. The summed E-state index contributed by atoms with van der Waals surface area (Å²) >= 11 is 0. The maximum atomic E-state index is 2.48. The molecule has 1 aliphatic carbocycles. The normalized spacial score (nSPS) is 12.3. The van der Waals surface area contributed by atoms with Crippen LogP contribution in [0.1, 0.15) is 0 Å². The molecule has 10 aromatic carbocycles. The second-order valence-electron chi connectivity index (χ2n) is 16.5. The highest BCUT2D eigenvalue weighted by atomic mass is 15.0. The molecule has 0 saturated heterocycles. The van der Waals surface area contributed by atoms with Crippen LogP contribution in [0.15, 0.2) is 212 Å². The molecule has 0 bridgehead atoms. The minimum atomic E-state index is 1.15. The first-order chi connectivity index (χ1) is 30.3. The molecule has 13 aromatic rings. The Morgan fingerprint density at radius 2 is 0.672 bits per heavy atom. The highest BCUT2D eigenvalue weighted by Crippen LogP contribution is 2.49. The number of benzene rings is 10. The third-order valence-corrected chi connectivity index (χ3v) is 13.4. The Hall–Kier alpha value is -8.14. The standard InChI is InChI=1S/C58H35N3/c1-2-13-38(14-3-1)59-55-29-25-37(34-49(55)50-35-39(27-31-56(50)59)60-51-22-9-6-17-42(51)43-18-7-10-23-52(43)60)36-26-30-57-48(33-36)44-19-8-11-24-53(44)61(57)54-32-28-46-41-16-5-4-15-40(41)45-20-12-21-47(54)58(45)46/h1-35H. The predicted octanol–water partition coefficient (Wildman–Crippen LogP) is 15.4. The number of nitrogens with zero attached hydrogens (tertiary/aromatic N) is 3. The van der Waals surface area contributed by atoms with Crippen LogP contribution in [0, 0.1) is 0 Å². The molecule has 3 heterocycles. The zero-order chi connectivity index (χ0) is 39.8. The Balaban J connectivity index is 0.980. The third kappa shape index (κ3) is 4.47. The molecule has 3 heteroatoms. The number of rotatable bonds is 4. The molecule has 0 amide bonds. The highest BCUT2D eigenvalue weighted by Gasteiger charge is 2.24. The summed E-state index contributed by atoms with van der Waals surface area (Å²) in [5.41, 5.74) is 18.4. The van der Waals surface area contributed by atoms with E-state index in [0.29, 0.717) is 0 Å². The van der Waals surface area contributed by atoms with Crippen LogP contribution in [0.3, 0.4) is 0 Å². The van der Waals surface area contributed by atoms with Gasteiger partial charge in [-0.05, 0) is 118 Å². The number of aromatic nitrogens is 3. The molecule has 0 radical (unpaired) electrons. The quantitative estimate of drug-likeness (QED) is 0.169. The minimum absolute atomic E-state index is 1.15. The average Bonchev–Trinajstić information content (AvgIpc) is 4.05. The van der Waals surface area contributed by atoms with E-state index in [9.17, 15) is 0 Å². The van der Waals surface area contributed by atoms with Gasteiger partial charge in [-0.25, -0.2) is 0 Å². The van der Waals surface area contributed by atoms with Crippen LogP contribution in [0.25, 0.3) is 127 Å². The first kappa shape index (κ1) is 32.8. The summed E-state index contributed by atoms with van der Waals surface area (Å²) in [5.74, 6) is 0. The molecule has 1 aliphatic rings. The second kappa shape index (κ2) is 12.2. The van der Waals surface area contributed by atoms with Crippen LogP contribution in [0.2, 0.25) is 0 Å². The summed E-state index contributed by atoms with van der Waals surface area (Å²) in [6, 6.07) is 78.5. The van der Waals surface area contributed by atoms with Crippen molar-refractivity contribution in [2.75, 3.05) is 0 Å². The van der Waals surface area contributed by atoms with E-state index in [4.69, 9.17) is 0 Å². The number of fused-ring (bicyclic) bond motifs is 12. The Labute approximate surface area is 351 Å². The summed E-state index contributed by atoms with van der Waals surface area (Å²) in [7, 11) is 0. The fourth-order valence-corrected chi connectivity index (χ4v) is 10.8. The lowest BCUT2D eigenvalue weighted by Crippen LogP contribution is -1.95. The van der Waals surface area contributed by atoms with E-state index >= 15 is 0 Å². The fourth-order valence-electron chi connectivity index (χ4n) is 10.8. The molecule has 0 N–H and O–H groups in total. The molecule has 0 unspecified atom stereocenters. The molecule has 0 fully saturated rings. The third-order valence-electron chi connectivity index (χ3n) is 13.4. The van der Waals surface area contributed by atoms with E-state index in [-0.39, 0.29) is 0 Å². The molecular formula is C58H35N3. The summed E-state index contributed by atoms with van der Waals surface area (Å²) in [5, 5.41) is 10.1.